The van der Waals surface area contributed by atoms with E-state index in [1.165, 1.54) is 0 Å². The van der Waals surface area contributed by atoms with Gasteiger partial charge in [0.2, 0.25) is 0 Å². The first-order valence-electron chi connectivity index (χ1n) is 8.16. The van der Waals surface area contributed by atoms with Gasteiger partial charge in [-0.15, -0.1) is 0 Å². The average Bonchev–Trinajstić information content (AvgIpc) is 2.65. The van der Waals surface area contributed by atoms with Crippen molar-refractivity contribution in [3.05, 3.63) is 76.7 Å². The molecule has 0 saturated carbocycles. The molecule has 0 N–H and O–H groups in total. The fourth-order valence-electron chi connectivity index (χ4n) is 2.34. The Balaban J connectivity index is 2.20. The molecule has 0 heterocycles. The van der Waals surface area contributed by atoms with E-state index in [1.54, 1.807) is 36.4 Å². The Kier molecular flexibility index (Phi) is 10.6. The van der Waals surface area contributed by atoms with Crippen molar-refractivity contribution in [3.8, 4) is 17.2 Å². The van der Waals surface area contributed by atoms with Crippen LogP contribution < -0.4 is 13.6 Å². The van der Waals surface area contributed by atoms with E-state index in [1.807, 2.05) is 0 Å². The summed E-state index contributed by atoms with van der Waals surface area (Å²) in [5.41, 5.74) is 0. The van der Waals surface area contributed by atoms with Crippen LogP contribution in [0.1, 0.15) is 0 Å². The van der Waals surface area contributed by atoms with E-state index in [2.05, 4.69) is 143 Å². The van der Waals surface area contributed by atoms with Crippen LogP contribution in [0.5, 0.6) is 17.2 Å². The summed E-state index contributed by atoms with van der Waals surface area (Å²) >= 11 is 45.2. The second kappa shape index (κ2) is 11.6. The maximum atomic E-state index is 7.02. The van der Waals surface area contributed by atoms with E-state index in [0.29, 0.717) is 26.8 Å². The van der Waals surface area contributed by atoms with E-state index in [-0.39, 0.29) is 17.2 Å². The first-order valence-corrected chi connectivity index (χ1v) is 19.1. The van der Waals surface area contributed by atoms with Crippen molar-refractivity contribution < 1.29 is 13.6 Å². The van der Waals surface area contributed by atoms with Crippen LogP contribution in [0.3, 0.4) is 0 Å². The van der Waals surface area contributed by atoms with Gasteiger partial charge in [0.1, 0.15) is 0 Å². The second-order valence-electron chi connectivity index (χ2n) is 6.07. The molecule has 3 nitrogen and oxygen atoms in total. The zero-order valence-electron chi connectivity index (χ0n) is 15.3. The summed E-state index contributed by atoms with van der Waals surface area (Å²) in [5.74, 6) is -4.14. The minimum absolute atomic E-state index is 0.287. The van der Waals surface area contributed by atoms with Crippen molar-refractivity contribution >= 4 is 172 Å². The zero-order valence-corrected chi connectivity index (χ0v) is 32.0. The fraction of sp³-hybridized carbons (Fsp3) is 0. The number of hydrogen-bond acceptors (Lipinski definition) is 3. The van der Waals surface area contributed by atoms with E-state index >= 15 is 0 Å². The predicted molar refractivity (Wildman–Crippen MR) is 169 cm³/mol. The van der Waals surface area contributed by atoms with E-state index in [4.69, 9.17) is 36.1 Å². The van der Waals surface area contributed by atoms with Crippen molar-refractivity contribution in [1.82, 2.24) is 0 Å². The molecule has 0 aliphatic rings. The quantitative estimate of drug-likeness (QED) is 0.230. The van der Waals surface area contributed by atoms with Gasteiger partial charge in [-0.3, -0.25) is 0 Å². The molecule has 0 radical (unpaired) electrons. The van der Waals surface area contributed by atoms with Gasteiger partial charge < -0.3 is 0 Å². The van der Waals surface area contributed by atoms with Gasteiger partial charge in [0, 0.05) is 0 Å². The normalized spacial score (nSPS) is 12.8. The van der Waals surface area contributed by atoms with Crippen LogP contribution in [0.15, 0.2) is 76.7 Å². The van der Waals surface area contributed by atoms with E-state index in [0.717, 1.165) is 13.4 Å². The number of halogens is 11. The standard InChI is InChI=1S/C18H6Br9Cl2O3P/c19-7-1-10(22)16(11(23)2-7)30-33(28,29,31-17-12(24)3-8(20)4-13(17)25)32-18-14(26)5-9(21)6-15(18)27/h1-6H. The molecule has 15 heteroatoms. The number of benzene rings is 3. The molecular weight excluding hydrogens is 1090 g/mol. The fourth-order valence-corrected chi connectivity index (χ4v) is 13.2. The topological polar surface area (TPSA) is 27.7 Å². The van der Waals surface area contributed by atoms with Gasteiger partial charge in [-0.1, -0.05) is 0 Å². The Morgan fingerprint density at radius 1 is 0.424 bits per heavy atom. The summed E-state index contributed by atoms with van der Waals surface area (Å²) < 4.78 is 24.4. The molecule has 3 rings (SSSR count). The van der Waals surface area contributed by atoms with Crippen LogP contribution in [0.25, 0.3) is 0 Å². The first-order chi connectivity index (χ1) is 15.2. The van der Waals surface area contributed by atoms with Gasteiger partial charge in [-0.25, -0.2) is 0 Å². The third kappa shape index (κ3) is 7.71. The molecule has 0 aliphatic carbocycles. The van der Waals surface area contributed by atoms with Gasteiger partial charge in [0.25, 0.3) is 0 Å². The van der Waals surface area contributed by atoms with Gasteiger partial charge in [-0.05, 0) is 0 Å². The van der Waals surface area contributed by atoms with Gasteiger partial charge in [-0.2, -0.15) is 0 Å². The van der Waals surface area contributed by atoms with Crippen LogP contribution in [0.2, 0.25) is 0 Å². The molecule has 0 spiro atoms. The van der Waals surface area contributed by atoms with E-state index < -0.39 is 5.99 Å². The zero-order chi connectivity index (χ0) is 24.7. The molecule has 0 aromatic heterocycles. The molecule has 3 aromatic carbocycles. The SMILES string of the molecule is ClP(Cl)(Oc1c(Br)cc(Br)cc1Br)(Oc1c(Br)cc(Br)cc1Br)Oc1c(Br)cc(Br)cc1Br. The van der Waals surface area contributed by atoms with Crippen LogP contribution in [-0.4, -0.2) is 0 Å². The van der Waals surface area contributed by atoms with E-state index in [9.17, 15) is 0 Å². The van der Waals surface area contributed by atoms with Crippen molar-refractivity contribution in [2.24, 2.45) is 0 Å². The molecule has 0 fully saturated rings. The summed E-state index contributed by atoms with van der Waals surface area (Å²) in [5, 5.41) is 0. The Hall–Kier alpha value is 2.39. The summed E-state index contributed by atoms with van der Waals surface area (Å²) in [6, 6.07) is 10.7. The molecule has 3 aromatic rings. The summed E-state index contributed by atoms with van der Waals surface area (Å²) in [7, 11) is 0. The molecule has 0 atom stereocenters. The molecule has 0 bridgehead atoms. The van der Waals surface area contributed by atoms with Crippen molar-refractivity contribution in [2.45, 2.75) is 0 Å². The Morgan fingerprint density at radius 2 is 0.606 bits per heavy atom. The number of rotatable bonds is 6. The summed E-state index contributed by atoms with van der Waals surface area (Å²) in [6.07, 6.45) is 0. The molecule has 0 amide bonds. The molecule has 0 saturated heterocycles. The van der Waals surface area contributed by atoms with Crippen molar-refractivity contribution in [1.29, 1.82) is 0 Å². The third-order valence-electron chi connectivity index (χ3n) is 3.59. The number of hydrogen-bond donors (Lipinski definition) is 0. The maximum absolute atomic E-state index is 7.02. The van der Waals surface area contributed by atoms with Crippen LogP contribution in [0, 0.1) is 0 Å². The molecular formula is C18H6Br9Cl2O3P. The Bertz CT molecular complexity index is 1040. The van der Waals surface area contributed by atoms with Crippen LogP contribution in [-0.2, 0) is 0 Å². The average molecular weight is 1090 g/mol. The summed E-state index contributed by atoms with van der Waals surface area (Å²) in [6.45, 7) is 0. The van der Waals surface area contributed by atoms with Gasteiger partial charge >= 0.3 is 279 Å². The molecule has 33 heavy (non-hydrogen) atoms. The first kappa shape index (κ1) is 29.9. The minimum atomic E-state index is -5.00. The Morgan fingerprint density at radius 3 is 0.788 bits per heavy atom. The van der Waals surface area contributed by atoms with Crippen LogP contribution in [0.4, 0.5) is 0 Å². The van der Waals surface area contributed by atoms with Crippen molar-refractivity contribution in [3.63, 3.8) is 0 Å². The molecule has 0 aliphatic heterocycles. The third-order valence-corrected chi connectivity index (χ3v) is 11.2. The molecule has 0 unspecified atom stereocenters. The van der Waals surface area contributed by atoms with Gasteiger partial charge in [0.15, 0.2) is 0 Å². The monoisotopic (exact) mass is 1080 g/mol. The van der Waals surface area contributed by atoms with Crippen LogP contribution >= 0.6 is 172 Å². The van der Waals surface area contributed by atoms with Crippen molar-refractivity contribution in [2.75, 3.05) is 0 Å². The second-order valence-corrected chi connectivity index (χ2v) is 19.9. The Labute approximate surface area is 275 Å². The summed E-state index contributed by atoms with van der Waals surface area (Å²) in [4.78, 5) is 0. The van der Waals surface area contributed by atoms with Gasteiger partial charge in [0.05, 0.1) is 0 Å². The predicted octanol–water partition coefficient (Wildman–Crippen LogP) is 13.7. The molecule has 178 valence electrons.